The molecule has 1 aliphatic carbocycles. The van der Waals surface area contributed by atoms with E-state index in [0.29, 0.717) is 18.2 Å². The molecule has 3 N–H and O–H groups in total. The molecular weight excluding hydrogens is 260 g/mol. The summed E-state index contributed by atoms with van der Waals surface area (Å²) in [5.41, 5.74) is 2.13. The number of amides is 2. The number of fused-ring (bicyclic) bond motifs is 1. The lowest BCUT2D eigenvalue weighted by Gasteiger charge is -2.19. The van der Waals surface area contributed by atoms with Crippen LogP contribution in [0, 0.1) is 0 Å². The molecule has 1 unspecified atom stereocenters. The summed E-state index contributed by atoms with van der Waals surface area (Å²) in [4.78, 5) is 11.8. The summed E-state index contributed by atoms with van der Waals surface area (Å²) in [5.74, 6) is 0. The number of benzene rings is 1. The van der Waals surface area contributed by atoms with Crippen LogP contribution in [0.5, 0.6) is 0 Å². The summed E-state index contributed by atoms with van der Waals surface area (Å²) < 4.78 is 0. The van der Waals surface area contributed by atoms with E-state index in [9.17, 15) is 9.90 Å². The van der Waals surface area contributed by atoms with Gasteiger partial charge in [-0.2, -0.15) is 11.8 Å². The molecule has 0 aliphatic heterocycles. The molecule has 5 heteroatoms. The number of carbonyl (C=O) groups excluding carboxylic acids is 1. The van der Waals surface area contributed by atoms with Crippen molar-refractivity contribution >= 4 is 17.8 Å². The first-order chi connectivity index (χ1) is 9.11. The highest BCUT2D eigenvalue weighted by Crippen LogP contribution is 2.30. The van der Waals surface area contributed by atoms with E-state index in [2.05, 4.69) is 17.6 Å². The number of hydrogen-bond acceptors (Lipinski definition) is 3. The molecule has 0 saturated heterocycles. The maximum atomic E-state index is 11.8. The molecule has 19 heavy (non-hydrogen) atoms. The molecule has 0 heterocycles. The zero-order valence-corrected chi connectivity index (χ0v) is 12.0. The summed E-state index contributed by atoms with van der Waals surface area (Å²) in [6, 6.07) is 7.31. The molecule has 0 aromatic heterocycles. The first-order valence-corrected chi connectivity index (χ1v) is 7.73. The largest absolute Gasteiger partial charge is 0.390 e. The van der Waals surface area contributed by atoms with Crippen LogP contribution >= 0.6 is 11.8 Å². The van der Waals surface area contributed by atoms with Crippen molar-refractivity contribution in [1.29, 1.82) is 0 Å². The van der Waals surface area contributed by atoms with E-state index in [0.717, 1.165) is 11.1 Å². The maximum absolute atomic E-state index is 11.8. The number of aliphatic hydroxyl groups excluding tert-OH is 1. The zero-order valence-electron chi connectivity index (χ0n) is 11.2. The van der Waals surface area contributed by atoms with Gasteiger partial charge in [0.2, 0.25) is 0 Å². The van der Waals surface area contributed by atoms with Crippen molar-refractivity contribution in [3.8, 4) is 0 Å². The predicted molar refractivity (Wildman–Crippen MR) is 78.4 cm³/mol. The Hall–Kier alpha value is -1.20. The standard InChI is InChI=1S/C14H20N2O2S/c1-9(19-2)8-15-14(18)16-13-11-6-4-3-5-10(11)7-12(13)17/h3-6,9,12-13,17H,7-8H2,1-2H3,(H2,15,16,18)/t9?,12-,13+/m1/s1. The minimum Gasteiger partial charge on any atom is -0.390 e. The summed E-state index contributed by atoms with van der Waals surface area (Å²) >= 11 is 1.71. The van der Waals surface area contributed by atoms with Crippen molar-refractivity contribution in [2.75, 3.05) is 12.8 Å². The second kappa shape index (κ2) is 6.30. The Balaban J connectivity index is 1.94. The topological polar surface area (TPSA) is 61.4 Å². The third kappa shape index (κ3) is 3.42. The van der Waals surface area contributed by atoms with Crippen molar-refractivity contribution in [3.05, 3.63) is 35.4 Å². The molecule has 0 saturated carbocycles. The van der Waals surface area contributed by atoms with Crippen LogP contribution in [0.1, 0.15) is 24.1 Å². The monoisotopic (exact) mass is 280 g/mol. The van der Waals surface area contributed by atoms with Gasteiger partial charge < -0.3 is 15.7 Å². The fraction of sp³-hybridized carbons (Fsp3) is 0.500. The van der Waals surface area contributed by atoms with E-state index in [1.165, 1.54) is 0 Å². The van der Waals surface area contributed by atoms with Crippen LogP contribution in [-0.4, -0.2) is 35.3 Å². The van der Waals surface area contributed by atoms with Gasteiger partial charge in [-0.3, -0.25) is 0 Å². The number of nitrogens with one attached hydrogen (secondary N) is 2. The smallest absolute Gasteiger partial charge is 0.315 e. The highest BCUT2D eigenvalue weighted by Gasteiger charge is 2.31. The Kier molecular flexibility index (Phi) is 4.71. The van der Waals surface area contributed by atoms with Crippen LogP contribution in [0.4, 0.5) is 4.79 Å². The van der Waals surface area contributed by atoms with Gasteiger partial charge in [0.15, 0.2) is 0 Å². The molecular formula is C14H20N2O2S. The molecule has 1 aliphatic rings. The molecule has 1 aromatic carbocycles. The van der Waals surface area contributed by atoms with Gasteiger partial charge >= 0.3 is 6.03 Å². The quantitative estimate of drug-likeness (QED) is 0.786. The summed E-state index contributed by atoms with van der Waals surface area (Å²) in [7, 11) is 0. The lowest BCUT2D eigenvalue weighted by atomic mass is 10.1. The minimum atomic E-state index is -0.541. The van der Waals surface area contributed by atoms with Crippen molar-refractivity contribution in [2.24, 2.45) is 0 Å². The van der Waals surface area contributed by atoms with Crippen LogP contribution in [0.25, 0.3) is 0 Å². The van der Waals surface area contributed by atoms with Gasteiger partial charge in [-0.25, -0.2) is 4.79 Å². The summed E-state index contributed by atoms with van der Waals surface area (Å²) in [6.07, 6.45) is 2.07. The summed E-state index contributed by atoms with van der Waals surface area (Å²) in [6.45, 7) is 2.68. The molecule has 2 rings (SSSR count). The third-order valence-electron chi connectivity index (χ3n) is 3.44. The van der Waals surface area contributed by atoms with Crippen molar-refractivity contribution < 1.29 is 9.90 Å². The van der Waals surface area contributed by atoms with Crippen LogP contribution < -0.4 is 10.6 Å². The van der Waals surface area contributed by atoms with Gasteiger partial charge in [0.1, 0.15) is 0 Å². The van der Waals surface area contributed by atoms with Crippen LogP contribution in [0.2, 0.25) is 0 Å². The van der Waals surface area contributed by atoms with Crippen molar-refractivity contribution in [3.63, 3.8) is 0 Å². The molecule has 1 aromatic rings. The third-order valence-corrected chi connectivity index (χ3v) is 4.41. The highest BCUT2D eigenvalue weighted by molar-refractivity contribution is 7.99. The average Bonchev–Trinajstić information content (AvgIpc) is 2.72. The lowest BCUT2D eigenvalue weighted by Crippen LogP contribution is -2.42. The van der Waals surface area contributed by atoms with E-state index < -0.39 is 6.10 Å². The summed E-state index contributed by atoms with van der Waals surface area (Å²) in [5, 5.41) is 16.1. The fourth-order valence-corrected chi connectivity index (χ4v) is 2.51. The Labute approximate surface area is 118 Å². The van der Waals surface area contributed by atoms with Gasteiger partial charge in [-0.05, 0) is 17.4 Å². The van der Waals surface area contributed by atoms with Gasteiger partial charge in [0.05, 0.1) is 12.1 Å². The number of aliphatic hydroxyl groups is 1. The second-order valence-corrected chi connectivity index (χ2v) is 6.12. The van der Waals surface area contributed by atoms with E-state index in [4.69, 9.17) is 0 Å². The second-order valence-electron chi connectivity index (χ2n) is 4.85. The average molecular weight is 280 g/mol. The fourth-order valence-electron chi connectivity index (χ4n) is 2.26. The Morgan fingerprint density at radius 1 is 1.53 bits per heavy atom. The number of urea groups is 1. The lowest BCUT2D eigenvalue weighted by molar-refractivity contribution is 0.142. The van der Waals surface area contributed by atoms with Crippen molar-refractivity contribution in [2.45, 2.75) is 30.7 Å². The SMILES string of the molecule is CSC(C)CNC(=O)N[C@H]1c2ccccc2C[C@H]1O. The van der Waals surface area contributed by atoms with E-state index in [1.807, 2.05) is 30.5 Å². The van der Waals surface area contributed by atoms with Gasteiger partial charge in [0.25, 0.3) is 0 Å². The normalized spacial score (nSPS) is 22.7. The predicted octanol–water partition coefficient (Wildman–Crippen LogP) is 1.70. The van der Waals surface area contributed by atoms with Gasteiger partial charge in [-0.1, -0.05) is 31.2 Å². The van der Waals surface area contributed by atoms with Crippen LogP contribution in [0.15, 0.2) is 24.3 Å². The van der Waals surface area contributed by atoms with Gasteiger partial charge in [-0.15, -0.1) is 0 Å². The van der Waals surface area contributed by atoms with E-state index >= 15 is 0 Å². The number of hydrogen-bond donors (Lipinski definition) is 3. The maximum Gasteiger partial charge on any atom is 0.315 e. The van der Waals surface area contributed by atoms with E-state index in [-0.39, 0.29) is 12.1 Å². The molecule has 0 fully saturated rings. The molecule has 4 nitrogen and oxygen atoms in total. The van der Waals surface area contributed by atoms with Crippen molar-refractivity contribution in [1.82, 2.24) is 10.6 Å². The molecule has 0 spiro atoms. The number of carbonyl (C=O) groups is 1. The Bertz CT molecular complexity index is 453. The zero-order chi connectivity index (χ0) is 13.8. The van der Waals surface area contributed by atoms with Crippen LogP contribution in [0.3, 0.4) is 0 Å². The molecule has 0 bridgehead atoms. The first kappa shape index (κ1) is 14.2. The van der Waals surface area contributed by atoms with E-state index in [1.54, 1.807) is 11.8 Å². The minimum absolute atomic E-state index is 0.221. The number of rotatable bonds is 4. The number of thioether (sulfide) groups is 1. The Morgan fingerprint density at radius 3 is 3.00 bits per heavy atom. The highest BCUT2D eigenvalue weighted by atomic mass is 32.2. The first-order valence-electron chi connectivity index (χ1n) is 6.45. The molecule has 0 radical (unpaired) electrons. The molecule has 2 amide bonds. The Morgan fingerprint density at radius 2 is 2.26 bits per heavy atom. The molecule has 3 atom stereocenters. The van der Waals surface area contributed by atoms with Crippen LogP contribution in [-0.2, 0) is 6.42 Å². The van der Waals surface area contributed by atoms with Gasteiger partial charge in [0, 0.05) is 18.2 Å². The molecule has 104 valence electrons.